The SMILES string of the molecule is C#CCCCNC(=O)C1CC(=O)CC(=O)C1. The molecule has 0 unspecified atom stereocenters. The van der Waals surface area contributed by atoms with Gasteiger partial charge in [-0.05, 0) is 6.42 Å². The molecule has 0 aromatic carbocycles. The molecule has 0 heterocycles. The Kier molecular flexibility index (Phi) is 4.71. The number of rotatable bonds is 4. The van der Waals surface area contributed by atoms with E-state index in [4.69, 9.17) is 6.42 Å². The van der Waals surface area contributed by atoms with Crippen LogP contribution in [0.4, 0.5) is 0 Å². The largest absolute Gasteiger partial charge is 0.356 e. The molecule has 4 heteroatoms. The third-order valence-electron chi connectivity index (χ3n) is 2.51. The van der Waals surface area contributed by atoms with E-state index in [9.17, 15) is 14.4 Å². The summed E-state index contributed by atoms with van der Waals surface area (Å²) in [5.41, 5.74) is 0. The van der Waals surface area contributed by atoms with Crippen LogP contribution in [0.1, 0.15) is 32.1 Å². The molecule has 1 amide bonds. The Labute approximate surface area is 94.8 Å². The number of amides is 1. The number of terminal acetylenes is 1. The van der Waals surface area contributed by atoms with Crippen molar-refractivity contribution in [2.45, 2.75) is 32.1 Å². The molecular formula is C12H15NO3. The molecule has 1 N–H and O–H groups in total. The summed E-state index contributed by atoms with van der Waals surface area (Å²) in [7, 11) is 0. The second-order valence-electron chi connectivity index (χ2n) is 3.96. The maximum Gasteiger partial charge on any atom is 0.224 e. The van der Waals surface area contributed by atoms with E-state index in [-0.39, 0.29) is 36.7 Å². The molecule has 0 aliphatic heterocycles. The molecule has 0 bridgehead atoms. The minimum atomic E-state index is -0.473. The molecule has 86 valence electrons. The van der Waals surface area contributed by atoms with Gasteiger partial charge in [0, 0.05) is 25.8 Å². The predicted molar refractivity (Wildman–Crippen MR) is 58.4 cm³/mol. The Balaban J connectivity index is 2.33. The molecule has 0 radical (unpaired) electrons. The third-order valence-corrected chi connectivity index (χ3v) is 2.51. The number of carbonyl (C=O) groups is 3. The monoisotopic (exact) mass is 221 g/mol. The summed E-state index contributed by atoms with van der Waals surface area (Å²) in [6, 6.07) is 0. The molecule has 0 aromatic rings. The number of nitrogens with one attached hydrogen (secondary N) is 1. The lowest BCUT2D eigenvalue weighted by molar-refractivity contribution is -0.137. The number of unbranched alkanes of at least 4 members (excludes halogenated alkanes) is 1. The summed E-state index contributed by atoms with van der Waals surface area (Å²) in [4.78, 5) is 33.9. The summed E-state index contributed by atoms with van der Waals surface area (Å²) < 4.78 is 0. The van der Waals surface area contributed by atoms with E-state index in [0.717, 1.165) is 6.42 Å². The maximum atomic E-state index is 11.6. The van der Waals surface area contributed by atoms with Gasteiger partial charge in [-0.3, -0.25) is 14.4 Å². The highest BCUT2D eigenvalue weighted by molar-refractivity contribution is 6.05. The molecule has 0 spiro atoms. The Morgan fingerprint density at radius 2 is 2.00 bits per heavy atom. The highest BCUT2D eigenvalue weighted by atomic mass is 16.2. The van der Waals surface area contributed by atoms with Crippen molar-refractivity contribution in [1.29, 1.82) is 0 Å². The summed E-state index contributed by atoms with van der Waals surface area (Å²) in [6.07, 6.45) is 6.77. The predicted octanol–water partition coefficient (Wildman–Crippen LogP) is 0.454. The van der Waals surface area contributed by atoms with Crippen molar-refractivity contribution in [3.05, 3.63) is 0 Å². The van der Waals surface area contributed by atoms with Crippen molar-refractivity contribution in [2.75, 3.05) is 6.54 Å². The van der Waals surface area contributed by atoms with Gasteiger partial charge in [0.1, 0.15) is 11.6 Å². The molecule has 1 saturated carbocycles. The average molecular weight is 221 g/mol. The normalized spacial score (nSPS) is 16.9. The van der Waals surface area contributed by atoms with Gasteiger partial charge in [0.15, 0.2) is 0 Å². The van der Waals surface area contributed by atoms with Crippen molar-refractivity contribution >= 4 is 17.5 Å². The Morgan fingerprint density at radius 3 is 2.56 bits per heavy atom. The third kappa shape index (κ3) is 3.85. The van der Waals surface area contributed by atoms with Gasteiger partial charge in [-0.15, -0.1) is 12.3 Å². The van der Waals surface area contributed by atoms with Crippen LogP contribution in [0.2, 0.25) is 0 Å². The van der Waals surface area contributed by atoms with Gasteiger partial charge in [-0.2, -0.15) is 0 Å². The second-order valence-corrected chi connectivity index (χ2v) is 3.96. The highest BCUT2D eigenvalue weighted by Crippen LogP contribution is 2.18. The summed E-state index contributed by atoms with van der Waals surface area (Å²) >= 11 is 0. The zero-order valence-corrected chi connectivity index (χ0v) is 9.12. The standard InChI is InChI=1S/C12H15NO3/c1-2-3-4-5-13-12(16)9-6-10(14)8-11(15)7-9/h1,9H,3-8H2,(H,13,16). The number of ketones is 2. The summed E-state index contributed by atoms with van der Waals surface area (Å²) in [6.45, 7) is 0.502. The van der Waals surface area contributed by atoms with Gasteiger partial charge < -0.3 is 5.32 Å². The average Bonchev–Trinajstić information content (AvgIpc) is 2.22. The van der Waals surface area contributed by atoms with Crippen LogP contribution in [0.5, 0.6) is 0 Å². The van der Waals surface area contributed by atoms with E-state index < -0.39 is 5.92 Å². The minimum Gasteiger partial charge on any atom is -0.356 e. The van der Waals surface area contributed by atoms with Crippen LogP contribution in [0.15, 0.2) is 0 Å². The van der Waals surface area contributed by atoms with Gasteiger partial charge >= 0.3 is 0 Å². The van der Waals surface area contributed by atoms with Crippen LogP contribution in [-0.4, -0.2) is 24.0 Å². The zero-order chi connectivity index (χ0) is 12.0. The summed E-state index contributed by atoms with van der Waals surface area (Å²) in [5, 5.41) is 2.69. The van der Waals surface area contributed by atoms with E-state index in [0.29, 0.717) is 13.0 Å². The maximum absolute atomic E-state index is 11.6. The van der Waals surface area contributed by atoms with E-state index in [1.807, 2.05) is 0 Å². The van der Waals surface area contributed by atoms with Gasteiger partial charge in [0.25, 0.3) is 0 Å². The minimum absolute atomic E-state index is 0.0130. The molecular weight excluding hydrogens is 206 g/mol. The Hall–Kier alpha value is -1.63. The molecule has 1 aliphatic carbocycles. The van der Waals surface area contributed by atoms with Gasteiger partial charge in [0.05, 0.1) is 12.3 Å². The lowest BCUT2D eigenvalue weighted by Gasteiger charge is -2.19. The Morgan fingerprint density at radius 1 is 1.38 bits per heavy atom. The first-order valence-electron chi connectivity index (χ1n) is 5.38. The molecule has 0 aromatic heterocycles. The quantitative estimate of drug-likeness (QED) is 0.426. The van der Waals surface area contributed by atoms with E-state index >= 15 is 0 Å². The number of hydrogen-bond acceptors (Lipinski definition) is 3. The van der Waals surface area contributed by atoms with Crippen molar-refractivity contribution in [3.63, 3.8) is 0 Å². The van der Waals surface area contributed by atoms with Gasteiger partial charge in [0.2, 0.25) is 5.91 Å². The van der Waals surface area contributed by atoms with Crippen LogP contribution >= 0.6 is 0 Å². The molecule has 1 rings (SSSR count). The first-order chi connectivity index (χ1) is 7.63. The van der Waals surface area contributed by atoms with Crippen LogP contribution in [-0.2, 0) is 14.4 Å². The molecule has 0 saturated heterocycles. The van der Waals surface area contributed by atoms with E-state index in [1.165, 1.54) is 0 Å². The summed E-state index contributed by atoms with van der Waals surface area (Å²) in [5.74, 6) is 1.52. The fraction of sp³-hybridized carbons (Fsp3) is 0.583. The first kappa shape index (κ1) is 12.4. The van der Waals surface area contributed by atoms with E-state index in [2.05, 4.69) is 11.2 Å². The van der Waals surface area contributed by atoms with Gasteiger partial charge in [-0.25, -0.2) is 0 Å². The van der Waals surface area contributed by atoms with Crippen LogP contribution < -0.4 is 5.32 Å². The topological polar surface area (TPSA) is 63.2 Å². The van der Waals surface area contributed by atoms with Crippen LogP contribution in [0.25, 0.3) is 0 Å². The van der Waals surface area contributed by atoms with Crippen LogP contribution in [0.3, 0.4) is 0 Å². The molecule has 0 atom stereocenters. The van der Waals surface area contributed by atoms with Gasteiger partial charge in [-0.1, -0.05) is 0 Å². The van der Waals surface area contributed by atoms with Crippen molar-refractivity contribution in [1.82, 2.24) is 5.32 Å². The van der Waals surface area contributed by atoms with Crippen molar-refractivity contribution in [2.24, 2.45) is 5.92 Å². The molecule has 16 heavy (non-hydrogen) atoms. The molecule has 1 fully saturated rings. The molecule has 4 nitrogen and oxygen atoms in total. The second kappa shape index (κ2) is 6.06. The first-order valence-corrected chi connectivity index (χ1v) is 5.38. The fourth-order valence-electron chi connectivity index (χ4n) is 1.72. The lowest BCUT2D eigenvalue weighted by atomic mass is 9.87. The van der Waals surface area contributed by atoms with Crippen molar-refractivity contribution in [3.8, 4) is 12.3 Å². The van der Waals surface area contributed by atoms with Crippen LogP contribution in [0, 0.1) is 18.3 Å². The zero-order valence-electron chi connectivity index (χ0n) is 9.12. The molecule has 1 aliphatic rings. The highest BCUT2D eigenvalue weighted by Gasteiger charge is 2.30. The van der Waals surface area contributed by atoms with Crippen molar-refractivity contribution < 1.29 is 14.4 Å². The fourth-order valence-corrected chi connectivity index (χ4v) is 1.72. The number of Topliss-reactive ketones (excluding diaryl/α,β-unsaturated/α-hetero) is 2. The smallest absolute Gasteiger partial charge is 0.224 e. The van der Waals surface area contributed by atoms with E-state index in [1.54, 1.807) is 0 Å². The number of carbonyl (C=O) groups excluding carboxylic acids is 3. The Bertz CT molecular complexity index is 325. The lowest BCUT2D eigenvalue weighted by Crippen LogP contribution is -2.36. The number of hydrogen-bond donors (Lipinski definition) is 1.